The van der Waals surface area contributed by atoms with Crippen molar-refractivity contribution in [2.45, 2.75) is 14.7 Å². The van der Waals surface area contributed by atoms with Crippen LogP contribution in [0.5, 0.6) is 0 Å². The number of benzene rings is 3. The second kappa shape index (κ2) is 9.21. The normalized spacial score (nSPS) is 12.9. The Morgan fingerprint density at radius 1 is 0.667 bits per heavy atom. The van der Waals surface area contributed by atoms with Crippen molar-refractivity contribution in [1.29, 1.82) is 0 Å². The molecule has 0 aliphatic carbocycles. The molecule has 3 nitrogen and oxygen atoms in total. The van der Waals surface area contributed by atoms with Crippen LogP contribution in [0.25, 0.3) is 0 Å². The Hall–Kier alpha value is -0.580. The Kier molecular flexibility index (Phi) is 7.58. The minimum atomic E-state index is -3.15. The number of hydrogen-bond donors (Lipinski definition) is 1. The molecule has 24 heavy (non-hydrogen) atoms. The SMILES string of the molecule is O=[PH](O)OS(c1ccccc1)(c1ccccc1)c1ccccc1.[CaH2]. The van der Waals surface area contributed by atoms with Crippen LogP contribution < -0.4 is 0 Å². The second-order valence-electron chi connectivity index (χ2n) is 4.84. The predicted molar refractivity (Wildman–Crippen MR) is 103 cm³/mol. The molecule has 0 saturated carbocycles. The van der Waals surface area contributed by atoms with Crippen molar-refractivity contribution in [1.82, 2.24) is 0 Å². The predicted octanol–water partition coefficient (Wildman–Crippen LogP) is 4.37. The summed E-state index contributed by atoms with van der Waals surface area (Å²) in [6, 6.07) is 28.9. The van der Waals surface area contributed by atoms with Crippen molar-refractivity contribution in [3.63, 3.8) is 0 Å². The van der Waals surface area contributed by atoms with E-state index in [-0.39, 0.29) is 37.7 Å². The van der Waals surface area contributed by atoms with Crippen molar-refractivity contribution in [3.05, 3.63) is 91.0 Å². The fraction of sp³-hybridized carbons (Fsp3) is 0. The molecule has 3 aromatic carbocycles. The molecular weight excluding hydrogens is 367 g/mol. The average molecular weight is 386 g/mol. The van der Waals surface area contributed by atoms with Crippen molar-refractivity contribution >= 4 is 56.3 Å². The molecule has 0 aromatic heterocycles. The second-order valence-corrected chi connectivity index (χ2v) is 8.57. The van der Waals surface area contributed by atoms with Crippen molar-refractivity contribution in [2.24, 2.45) is 0 Å². The summed E-state index contributed by atoms with van der Waals surface area (Å²) < 4.78 is 17.5. The first-order chi connectivity index (χ1) is 11.2. The van der Waals surface area contributed by atoms with Crippen LogP contribution in [0.3, 0.4) is 0 Å². The van der Waals surface area contributed by atoms with Gasteiger partial charge in [0.05, 0.1) is 0 Å². The fourth-order valence-electron chi connectivity index (χ4n) is 2.50. The van der Waals surface area contributed by atoms with Gasteiger partial charge >= 0.3 is 46.0 Å². The number of rotatable bonds is 5. The van der Waals surface area contributed by atoms with Gasteiger partial charge in [0.25, 0.3) is 0 Å². The van der Waals surface area contributed by atoms with Crippen molar-refractivity contribution < 1.29 is 13.4 Å². The quantitative estimate of drug-likeness (QED) is 0.523. The van der Waals surface area contributed by atoms with E-state index in [1.807, 2.05) is 91.0 Å². The maximum absolute atomic E-state index is 11.7. The van der Waals surface area contributed by atoms with Gasteiger partial charge in [-0.25, -0.2) is 3.97 Å². The van der Waals surface area contributed by atoms with Crippen molar-refractivity contribution in [3.8, 4) is 0 Å². The minimum absolute atomic E-state index is 0. The third-order valence-corrected chi connectivity index (χ3v) is 7.80. The molecule has 0 amide bonds. The van der Waals surface area contributed by atoms with Gasteiger partial charge in [-0.15, -0.1) is 0 Å². The molecule has 0 aliphatic heterocycles. The van der Waals surface area contributed by atoms with Crippen LogP contribution in [0.2, 0.25) is 0 Å². The average Bonchev–Trinajstić information content (AvgIpc) is 2.62. The van der Waals surface area contributed by atoms with Gasteiger partial charge in [-0.1, -0.05) is 54.6 Å². The monoisotopic (exact) mass is 386 g/mol. The Bertz CT molecular complexity index is 688. The van der Waals surface area contributed by atoms with E-state index in [9.17, 15) is 9.46 Å². The van der Waals surface area contributed by atoms with Gasteiger partial charge in [0.1, 0.15) is 0 Å². The molecule has 0 radical (unpaired) electrons. The Labute approximate surface area is 174 Å². The van der Waals surface area contributed by atoms with E-state index in [0.29, 0.717) is 0 Å². The first-order valence-corrected chi connectivity index (χ1v) is 9.96. The summed E-state index contributed by atoms with van der Waals surface area (Å²) in [6.45, 7) is 0. The van der Waals surface area contributed by atoms with Gasteiger partial charge in [-0.2, -0.15) is 0 Å². The van der Waals surface area contributed by atoms with E-state index >= 15 is 0 Å². The molecule has 3 rings (SSSR count). The summed E-state index contributed by atoms with van der Waals surface area (Å²) in [5, 5.41) is 0. The van der Waals surface area contributed by atoms with Gasteiger partial charge in [0.15, 0.2) is 0 Å². The first-order valence-electron chi connectivity index (χ1n) is 7.14. The molecule has 0 aliphatic rings. The van der Waals surface area contributed by atoms with E-state index in [0.717, 1.165) is 14.7 Å². The third-order valence-electron chi connectivity index (χ3n) is 3.42. The molecular formula is C18H19CaO3PS. The molecule has 0 spiro atoms. The molecule has 0 heterocycles. The molecule has 0 fully saturated rings. The van der Waals surface area contributed by atoms with Crippen LogP contribution in [0.4, 0.5) is 0 Å². The van der Waals surface area contributed by atoms with Crippen LogP contribution in [-0.4, -0.2) is 42.6 Å². The van der Waals surface area contributed by atoms with E-state index in [4.69, 9.17) is 3.97 Å². The summed E-state index contributed by atoms with van der Waals surface area (Å²) >= 11 is 0. The van der Waals surface area contributed by atoms with E-state index < -0.39 is 18.6 Å². The molecule has 0 saturated heterocycles. The van der Waals surface area contributed by atoms with E-state index in [1.165, 1.54) is 0 Å². The van der Waals surface area contributed by atoms with Gasteiger partial charge < -0.3 is 4.89 Å². The third kappa shape index (κ3) is 4.14. The summed E-state index contributed by atoms with van der Waals surface area (Å²) in [7, 11) is -5.39. The van der Waals surface area contributed by atoms with Crippen LogP contribution in [0, 0.1) is 0 Å². The standard InChI is InChI=1S/C18H17O3PS.Ca.2H/c19-22(20)21-23(16-10-4-1-5-11-16,17-12-6-2-7-13-17)18-14-8-3-9-15-18;;;/h1-15,22H,(H,19,20);;;. The topological polar surface area (TPSA) is 46.5 Å². The first kappa shape index (κ1) is 19.7. The maximum atomic E-state index is 11.7. The van der Waals surface area contributed by atoms with E-state index in [2.05, 4.69) is 0 Å². The summed E-state index contributed by atoms with van der Waals surface area (Å²) in [5.41, 5.74) is 0. The van der Waals surface area contributed by atoms with Crippen LogP contribution >= 0.6 is 18.6 Å². The molecule has 3 aromatic rings. The van der Waals surface area contributed by atoms with Crippen LogP contribution in [0.1, 0.15) is 0 Å². The van der Waals surface area contributed by atoms with Gasteiger partial charge in [0.2, 0.25) is 0 Å². The zero-order chi connectivity index (χ0) is 16.1. The van der Waals surface area contributed by atoms with Crippen molar-refractivity contribution in [2.75, 3.05) is 0 Å². The van der Waals surface area contributed by atoms with Crippen LogP contribution in [-0.2, 0) is 8.54 Å². The Balaban J connectivity index is 0.00000208. The Morgan fingerprint density at radius 2 is 0.958 bits per heavy atom. The summed E-state index contributed by atoms with van der Waals surface area (Å²) in [6.07, 6.45) is 0. The summed E-state index contributed by atoms with van der Waals surface area (Å²) in [5.74, 6) is 0. The molecule has 0 bridgehead atoms. The zero-order valence-electron chi connectivity index (χ0n) is 12.3. The molecule has 122 valence electrons. The molecule has 1 unspecified atom stereocenters. The Morgan fingerprint density at radius 3 is 1.21 bits per heavy atom. The van der Waals surface area contributed by atoms with Gasteiger partial charge in [-0.05, 0) is 46.7 Å². The van der Waals surface area contributed by atoms with Gasteiger partial charge in [0, 0.05) is 14.7 Å². The fourth-order valence-corrected chi connectivity index (χ4v) is 6.94. The molecule has 1 N–H and O–H groups in total. The van der Waals surface area contributed by atoms with E-state index in [1.54, 1.807) is 0 Å². The van der Waals surface area contributed by atoms with Gasteiger partial charge in [-0.3, -0.25) is 4.57 Å². The summed E-state index contributed by atoms with van der Waals surface area (Å²) in [4.78, 5) is 12.3. The molecule has 1 atom stereocenters. The zero-order valence-corrected chi connectivity index (χ0v) is 14.1. The molecule has 6 heteroatoms. The number of hydrogen-bond acceptors (Lipinski definition) is 2. The van der Waals surface area contributed by atoms with Crippen LogP contribution in [0.15, 0.2) is 106 Å².